The van der Waals surface area contributed by atoms with E-state index in [-0.39, 0.29) is 6.10 Å². The minimum Gasteiger partial charge on any atom is -0.491 e. The molecule has 4 nitrogen and oxygen atoms in total. The van der Waals surface area contributed by atoms with Gasteiger partial charge in [-0.1, -0.05) is 12.1 Å². The van der Waals surface area contributed by atoms with Crippen LogP contribution in [0.25, 0.3) is 0 Å². The zero-order chi connectivity index (χ0) is 15.1. The third kappa shape index (κ3) is 5.30. The lowest BCUT2D eigenvalue weighted by atomic mass is 10.1. The number of nitrogens with one attached hydrogen (secondary N) is 1. The van der Waals surface area contributed by atoms with Gasteiger partial charge in [-0.15, -0.1) is 0 Å². The number of ether oxygens (including phenoxy) is 2. The molecule has 0 aliphatic carbocycles. The Hall–Kier alpha value is -1.10. The van der Waals surface area contributed by atoms with Gasteiger partial charge in [0.2, 0.25) is 0 Å². The first-order chi connectivity index (χ1) is 10.2. The molecule has 0 bridgehead atoms. The lowest BCUT2D eigenvalue weighted by molar-refractivity contribution is 0.139. The molecule has 1 aromatic rings. The predicted octanol–water partition coefficient (Wildman–Crippen LogP) is 2.46. The van der Waals surface area contributed by atoms with E-state index in [1.54, 1.807) is 0 Å². The molecule has 4 heteroatoms. The molecule has 0 spiro atoms. The molecule has 21 heavy (non-hydrogen) atoms. The van der Waals surface area contributed by atoms with Crippen molar-refractivity contribution in [1.29, 1.82) is 0 Å². The normalized spacial score (nSPS) is 18.5. The van der Waals surface area contributed by atoms with Gasteiger partial charge < -0.3 is 14.8 Å². The average molecular weight is 292 g/mol. The minimum atomic E-state index is 0.216. The quantitative estimate of drug-likeness (QED) is 0.873. The van der Waals surface area contributed by atoms with E-state index in [0.717, 1.165) is 45.0 Å². The highest BCUT2D eigenvalue weighted by molar-refractivity contribution is 5.29. The summed E-state index contributed by atoms with van der Waals surface area (Å²) >= 11 is 0. The van der Waals surface area contributed by atoms with Gasteiger partial charge >= 0.3 is 0 Å². The number of rotatable bonds is 6. The molecule has 2 rings (SSSR count). The molecule has 0 radical (unpaired) electrons. The molecule has 0 aromatic heterocycles. The predicted molar refractivity (Wildman–Crippen MR) is 85.9 cm³/mol. The van der Waals surface area contributed by atoms with Gasteiger partial charge in [0.1, 0.15) is 5.75 Å². The smallest absolute Gasteiger partial charge is 0.119 e. The van der Waals surface area contributed by atoms with Crippen LogP contribution in [0.1, 0.15) is 31.9 Å². The molecule has 1 unspecified atom stereocenters. The summed E-state index contributed by atoms with van der Waals surface area (Å²) in [6.07, 6.45) is 1.34. The number of hydrogen-bond acceptors (Lipinski definition) is 4. The van der Waals surface area contributed by atoms with Crippen LogP contribution >= 0.6 is 0 Å². The summed E-state index contributed by atoms with van der Waals surface area (Å²) in [6.45, 7) is 8.99. The maximum Gasteiger partial charge on any atom is 0.119 e. The van der Waals surface area contributed by atoms with E-state index in [0.29, 0.717) is 6.04 Å². The largest absolute Gasteiger partial charge is 0.491 e. The second kappa shape index (κ2) is 8.37. The van der Waals surface area contributed by atoms with Crippen molar-refractivity contribution in [3.63, 3.8) is 0 Å². The summed E-state index contributed by atoms with van der Waals surface area (Å²) in [4.78, 5) is 2.48. The molecule has 118 valence electrons. The minimum absolute atomic E-state index is 0.216. The van der Waals surface area contributed by atoms with Crippen LogP contribution in [-0.4, -0.2) is 50.9 Å². The van der Waals surface area contributed by atoms with Gasteiger partial charge in [0.25, 0.3) is 0 Å². The Balaban J connectivity index is 1.96. The second-order valence-electron chi connectivity index (χ2n) is 5.84. The molecule has 1 aromatic carbocycles. The van der Waals surface area contributed by atoms with Crippen LogP contribution < -0.4 is 10.1 Å². The maximum absolute atomic E-state index is 5.70. The summed E-state index contributed by atoms with van der Waals surface area (Å²) in [5.41, 5.74) is 1.30. The third-order valence-electron chi connectivity index (χ3n) is 3.76. The Kier molecular flexibility index (Phi) is 6.49. The van der Waals surface area contributed by atoms with Crippen LogP contribution in [0.2, 0.25) is 0 Å². The molecule has 0 amide bonds. The molecule has 1 atom stereocenters. The number of nitrogens with zero attached hydrogens (tertiary/aromatic N) is 1. The second-order valence-corrected chi connectivity index (χ2v) is 5.84. The summed E-state index contributed by atoms with van der Waals surface area (Å²) in [7, 11) is 2.03. The Morgan fingerprint density at radius 3 is 2.62 bits per heavy atom. The number of likely N-dealkylation sites (N-methyl/N-ethyl adjacent to an activating group) is 1. The van der Waals surface area contributed by atoms with Gasteiger partial charge in [-0.2, -0.15) is 0 Å². The zero-order valence-corrected chi connectivity index (χ0v) is 13.5. The maximum atomic E-state index is 5.70. The van der Waals surface area contributed by atoms with E-state index in [9.17, 15) is 0 Å². The van der Waals surface area contributed by atoms with Crippen molar-refractivity contribution in [3.05, 3.63) is 29.8 Å². The fourth-order valence-corrected chi connectivity index (χ4v) is 2.65. The topological polar surface area (TPSA) is 33.7 Å². The first-order valence-corrected chi connectivity index (χ1v) is 7.93. The molecule has 1 fully saturated rings. The van der Waals surface area contributed by atoms with Crippen molar-refractivity contribution < 1.29 is 9.47 Å². The van der Waals surface area contributed by atoms with Crippen molar-refractivity contribution in [2.75, 3.05) is 39.9 Å². The number of benzene rings is 1. The SMILES string of the molecule is CNC(CN1CCCOCC1)c1ccc(OC(C)C)cc1. The lowest BCUT2D eigenvalue weighted by Gasteiger charge is -2.26. The lowest BCUT2D eigenvalue weighted by Crippen LogP contribution is -2.35. The summed E-state index contributed by atoms with van der Waals surface area (Å²) in [5, 5.41) is 3.42. The van der Waals surface area contributed by atoms with Crippen LogP contribution in [-0.2, 0) is 4.74 Å². The Morgan fingerprint density at radius 1 is 1.19 bits per heavy atom. The highest BCUT2D eigenvalue weighted by atomic mass is 16.5. The van der Waals surface area contributed by atoms with Gasteiger partial charge in [-0.25, -0.2) is 0 Å². The number of hydrogen-bond donors (Lipinski definition) is 1. The third-order valence-corrected chi connectivity index (χ3v) is 3.76. The van der Waals surface area contributed by atoms with Crippen LogP contribution in [0.15, 0.2) is 24.3 Å². The summed E-state index contributed by atoms with van der Waals surface area (Å²) in [6, 6.07) is 8.78. The van der Waals surface area contributed by atoms with E-state index in [1.165, 1.54) is 5.56 Å². The molecule has 0 saturated carbocycles. The monoisotopic (exact) mass is 292 g/mol. The Bertz CT molecular complexity index is 398. The van der Waals surface area contributed by atoms with E-state index in [4.69, 9.17) is 9.47 Å². The first-order valence-electron chi connectivity index (χ1n) is 7.93. The van der Waals surface area contributed by atoms with Crippen molar-refractivity contribution in [2.45, 2.75) is 32.4 Å². The van der Waals surface area contributed by atoms with Crippen molar-refractivity contribution in [3.8, 4) is 5.75 Å². The summed E-state index contributed by atoms with van der Waals surface area (Å²) < 4.78 is 11.2. The highest BCUT2D eigenvalue weighted by Crippen LogP contribution is 2.20. The zero-order valence-electron chi connectivity index (χ0n) is 13.5. The van der Waals surface area contributed by atoms with Crippen molar-refractivity contribution in [2.24, 2.45) is 0 Å². The molecule has 1 saturated heterocycles. The molecule has 1 heterocycles. The standard InChI is InChI=1S/C17H28N2O2/c1-14(2)21-16-7-5-15(6-8-16)17(18-3)13-19-9-4-11-20-12-10-19/h5-8,14,17-18H,4,9-13H2,1-3H3. The molecule has 1 N–H and O–H groups in total. The van der Waals surface area contributed by atoms with Gasteiger partial charge in [0.15, 0.2) is 0 Å². The Morgan fingerprint density at radius 2 is 1.95 bits per heavy atom. The van der Waals surface area contributed by atoms with Gasteiger partial charge in [-0.3, -0.25) is 4.90 Å². The molecular weight excluding hydrogens is 264 g/mol. The van der Waals surface area contributed by atoms with Gasteiger partial charge in [-0.05, 0) is 45.0 Å². The van der Waals surface area contributed by atoms with Crippen LogP contribution in [0.3, 0.4) is 0 Å². The van der Waals surface area contributed by atoms with Gasteiger partial charge in [0, 0.05) is 32.3 Å². The molecular formula is C17H28N2O2. The van der Waals surface area contributed by atoms with Crippen molar-refractivity contribution >= 4 is 0 Å². The Labute approximate surface area is 128 Å². The molecule has 1 aliphatic rings. The van der Waals surface area contributed by atoms with Crippen molar-refractivity contribution in [1.82, 2.24) is 10.2 Å². The molecule has 1 aliphatic heterocycles. The van der Waals surface area contributed by atoms with E-state index >= 15 is 0 Å². The fourth-order valence-electron chi connectivity index (χ4n) is 2.65. The van der Waals surface area contributed by atoms with Gasteiger partial charge in [0.05, 0.1) is 12.7 Å². The van der Waals surface area contributed by atoms with E-state index in [1.807, 2.05) is 20.9 Å². The van der Waals surface area contributed by atoms with Crippen LogP contribution in [0.4, 0.5) is 0 Å². The van der Waals surface area contributed by atoms with E-state index < -0.39 is 0 Å². The summed E-state index contributed by atoms with van der Waals surface area (Å²) in [5.74, 6) is 0.937. The van der Waals surface area contributed by atoms with Crippen LogP contribution in [0.5, 0.6) is 5.75 Å². The fraction of sp³-hybridized carbons (Fsp3) is 0.647. The average Bonchev–Trinajstić information content (AvgIpc) is 2.74. The highest BCUT2D eigenvalue weighted by Gasteiger charge is 2.16. The van der Waals surface area contributed by atoms with E-state index in [2.05, 4.69) is 34.5 Å². The first kappa shape index (κ1) is 16.3. The van der Waals surface area contributed by atoms with Crippen LogP contribution in [0, 0.1) is 0 Å².